The first kappa shape index (κ1) is 10.9. The maximum Gasteiger partial charge on any atom is 0.257 e. The van der Waals surface area contributed by atoms with Crippen LogP contribution in [0.4, 0.5) is 4.39 Å². The number of ether oxygens (including phenoxy) is 1. The summed E-state index contributed by atoms with van der Waals surface area (Å²) in [6, 6.07) is 2.84. The van der Waals surface area contributed by atoms with E-state index in [-0.39, 0.29) is 10.9 Å². The largest absolute Gasteiger partial charge is 0.418 e. The molecule has 0 atom stereocenters. The lowest BCUT2D eigenvalue weighted by Crippen LogP contribution is -1.98. The SMILES string of the molecule is Cc1cc(Oc2ncc(Cl)cc2F)n(C)n1. The highest BCUT2D eigenvalue weighted by molar-refractivity contribution is 6.30. The third-order valence-corrected chi connectivity index (χ3v) is 2.14. The molecule has 0 unspecified atom stereocenters. The molecule has 0 aliphatic rings. The molecule has 2 heterocycles. The molecule has 2 rings (SSSR count). The monoisotopic (exact) mass is 241 g/mol. The minimum atomic E-state index is -0.605. The Morgan fingerprint density at radius 2 is 2.19 bits per heavy atom. The molecule has 0 aromatic carbocycles. The van der Waals surface area contributed by atoms with Gasteiger partial charge in [0.05, 0.1) is 10.7 Å². The number of aromatic nitrogens is 3. The predicted octanol–water partition coefficient (Wildman–Crippen LogP) is 2.71. The number of nitrogens with zero attached hydrogens (tertiary/aromatic N) is 3. The number of hydrogen-bond donors (Lipinski definition) is 0. The quantitative estimate of drug-likeness (QED) is 0.812. The van der Waals surface area contributed by atoms with Crippen LogP contribution in [0.2, 0.25) is 5.02 Å². The van der Waals surface area contributed by atoms with E-state index in [0.29, 0.717) is 5.88 Å². The Balaban J connectivity index is 2.30. The van der Waals surface area contributed by atoms with Crippen molar-refractivity contribution in [2.45, 2.75) is 6.92 Å². The van der Waals surface area contributed by atoms with Gasteiger partial charge in [0, 0.05) is 19.3 Å². The zero-order valence-corrected chi connectivity index (χ0v) is 9.49. The Morgan fingerprint density at radius 1 is 1.44 bits per heavy atom. The van der Waals surface area contributed by atoms with Crippen LogP contribution in [0.25, 0.3) is 0 Å². The summed E-state index contributed by atoms with van der Waals surface area (Å²) in [6.45, 7) is 1.82. The molecule has 2 aromatic heterocycles. The minimum Gasteiger partial charge on any atom is -0.418 e. The summed E-state index contributed by atoms with van der Waals surface area (Å²) in [6.07, 6.45) is 1.32. The summed E-state index contributed by atoms with van der Waals surface area (Å²) in [5.41, 5.74) is 0.784. The van der Waals surface area contributed by atoms with E-state index in [4.69, 9.17) is 16.3 Å². The van der Waals surface area contributed by atoms with E-state index in [0.717, 1.165) is 11.8 Å². The van der Waals surface area contributed by atoms with Gasteiger partial charge in [0.1, 0.15) is 0 Å². The van der Waals surface area contributed by atoms with Gasteiger partial charge in [-0.2, -0.15) is 5.10 Å². The van der Waals surface area contributed by atoms with E-state index in [1.165, 1.54) is 10.9 Å². The molecule has 0 N–H and O–H groups in total. The normalized spacial score (nSPS) is 10.5. The molecule has 0 amide bonds. The van der Waals surface area contributed by atoms with E-state index in [1.54, 1.807) is 13.1 Å². The molecule has 16 heavy (non-hydrogen) atoms. The van der Waals surface area contributed by atoms with Crippen LogP contribution in [0, 0.1) is 12.7 Å². The van der Waals surface area contributed by atoms with Crippen molar-refractivity contribution in [3.8, 4) is 11.8 Å². The fourth-order valence-electron chi connectivity index (χ4n) is 1.26. The van der Waals surface area contributed by atoms with E-state index in [2.05, 4.69) is 10.1 Å². The maximum atomic E-state index is 13.4. The van der Waals surface area contributed by atoms with Gasteiger partial charge < -0.3 is 4.74 Å². The Bertz CT molecular complexity index is 527. The second-order valence-electron chi connectivity index (χ2n) is 3.29. The number of halogens is 2. The molecular weight excluding hydrogens is 233 g/mol. The van der Waals surface area contributed by atoms with Crippen LogP contribution in [-0.4, -0.2) is 14.8 Å². The molecule has 0 saturated carbocycles. The lowest BCUT2D eigenvalue weighted by atomic mass is 10.4. The van der Waals surface area contributed by atoms with Gasteiger partial charge in [-0.1, -0.05) is 11.6 Å². The molecule has 0 saturated heterocycles. The highest BCUT2D eigenvalue weighted by Gasteiger charge is 2.10. The van der Waals surface area contributed by atoms with Crippen molar-refractivity contribution in [1.29, 1.82) is 0 Å². The summed E-state index contributed by atoms with van der Waals surface area (Å²) in [5.74, 6) is -0.301. The van der Waals surface area contributed by atoms with Crippen molar-refractivity contribution in [1.82, 2.24) is 14.8 Å². The molecule has 84 valence electrons. The van der Waals surface area contributed by atoms with Gasteiger partial charge in [-0.05, 0) is 13.0 Å². The summed E-state index contributed by atoms with van der Waals surface area (Å²) >= 11 is 5.58. The minimum absolute atomic E-state index is 0.118. The van der Waals surface area contributed by atoms with Crippen molar-refractivity contribution < 1.29 is 9.13 Å². The van der Waals surface area contributed by atoms with Crippen LogP contribution in [0.5, 0.6) is 11.8 Å². The van der Waals surface area contributed by atoms with Crippen molar-refractivity contribution in [2.24, 2.45) is 7.05 Å². The molecule has 0 aliphatic heterocycles. The number of hydrogen-bond acceptors (Lipinski definition) is 3. The number of pyridine rings is 1. The van der Waals surface area contributed by atoms with Crippen LogP contribution in [0.15, 0.2) is 18.3 Å². The Hall–Kier alpha value is -1.62. The highest BCUT2D eigenvalue weighted by Crippen LogP contribution is 2.23. The van der Waals surface area contributed by atoms with Crippen LogP contribution in [0.3, 0.4) is 0 Å². The second kappa shape index (κ2) is 4.09. The van der Waals surface area contributed by atoms with Crippen molar-refractivity contribution >= 4 is 11.6 Å². The topological polar surface area (TPSA) is 39.9 Å². The van der Waals surface area contributed by atoms with Crippen LogP contribution < -0.4 is 4.74 Å². The molecule has 0 bridgehead atoms. The number of aryl methyl sites for hydroxylation is 2. The van der Waals surface area contributed by atoms with Gasteiger partial charge in [-0.25, -0.2) is 14.1 Å². The zero-order chi connectivity index (χ0) is 11.7. The molecular formula is C10H9ClFN3O. The maximum absolute atomic E-state index is 13.4. The van der Waals surface area contributed by atoms with Gasteiger partial charge in [-0.3, -0.25) is 0 Å². The molecule has 0 aliphatic carbocycles. The lowest BCUT2D eigenvalue weighted by molar-refractivity contribution is 0.387. The Labute approximate surface area is 96.6 Å². The smallest absolute Gasteiger partial charge is 0.257 e. The second-order valence-corrected chi connectivity index (χ2v) is 3.73. The fourth-order valence-corrected chi connectivity index (χ4v) is 1.40. The van der Waals surface area contributed by atoms with Gasteiger partial charge in [-0.15, -0.1) is 0 Å². The Morgan fingerprint density at radius 3 is 2.75 bits per heavy atom. The van der Waals surface area contributed by atoms with Gasteiger partial charge in [0.25, 0.3) is 5.88 Å². The van der Waals surface area contributed by atoms with Crippen molar-refractivity contribution in [2.75, 3.05) is 0 Å². The van der Waals surface area contributed by atoms with Crippen LogP contribution in [-0.2, 0) is 7.05 Å². The van der Waals surface area contributed by atoms with E-state index in [9.17, 15) is 4.39 Å². The first-order valence-electron chi connectivity index (χ1n) is 4.56. The zero-order valence-electron chi connectivity index (χ0n) is 8.74. The first-order valence-corrected chi connectivity index (χ1v) is 4.93. The summed E-state index contributed by atoms with van der Waals surface area (Å²) in [4.78, 5) is 3.75. The molecule has 0 radical (unpaired) electrons. The van der Waals surface area contributed by atoms with Crippen LogP contribution in [0.1, 0.15) is 5.69 Å². The van der Waals surface area contributed by atoms with Gasteiger partial charge >= 0.3 is 0 Å². The summed E-state index contributed by atoms with van der Waals surface area (Å²) in [7, 11) is 1.70. The Kier molecular flexibility index (Phi) is 2.78. The highest BCUT2D eigenvalue weighted by atomic mass is 35.5. The van der Waals surface area contributed by atoms with Crippen molar-refractivity contribution in [3.05, 3.63) is 34.9 Å². The van der Waals surface area contributed by atoms with E-state index in [1.807, 2.05) is 6.92 Å². The standard InChI is InChI=1S/C10H9ClFN3O/c1-6-3-9(15(2)14-6)16-10-8(12)4-7(11)5-13-10/h3-5H,1-2H3. The fraction of sp³-hybridized carbons (Fsp3) is 0.200. The average molecular weight is 242 g/mol. The van der Waals surface area contributed by atoms with Gasteiger partial charge in [0.15, 0.2) is 5.82 Å². The third-order valence-electron chi connectivity index (χ3n) is 1.93. The van der Waals surface area contributed by atoms with E-state index >= 15 is 0 Å². The number of rotatable bonds is 2. The van der Waals surface area contributed by atoms with Crippen molar-refractivity contribution in [3.63, 3.8) is 0 Å². The first-order chi connectivity index (χ1) is 7.56. The summed E-state index contributed by atoms with van der Waals surface area (Å²) in [5, 5.41) is 4.30. The van der Waals surface area contributed by atoms with Gasteiger partial charge in [0.2, 0.25) is 5.88 Å². The molecule has 0 spiro atoms. The van der Waals surface area contributed by atoms with Crippen LogP contribution >= 0.6 is 11.6 Å². The summed E-state index contributed by atoms with van der Waals surface area (Å²) < 4.78 is 20.1. The molecule has 0 fully saturated rings. The third kappa shape index (κ3) is 2.14. The lowest BCUT2D eigenvalue weighted by Gasteiger charge is -2.04. The average Bonchev–Trinajstić information content (AvgIpc) is 2.50. The molecule has 6 heteroatoms. The predicted molar refractivity (Wildman–Crippen MR) is 57.2 cm³/mol. The van der Waals surface area contributed by atoms with E-state index < -0.39 is 5.82 Å². The molecule has 4 nitrogen and oxygen atoms in total. The molecule has 2 aromatic rings.